The van der Waals surface area contributed by atoms with Gasteiger partial charge in [0, 0.05) is 30.1 Å². The van der Waals surface area contributed by atoms with Crippen molar-refractivity contribution in [2.24, 2.45) is 5.73 Å². The molecule has 0 radical (unpaired) electrons. The van der Waals surface area contributed by atoms with Crippen LogP contribution >= 0.6 is 0 Å². The first-order chi connectivity index (χ1) is 15.5. The Morgan fingerprint density at radius 2 is 1.78 bits per heavy atom. The fourth-order valence-electron chi connectivity index (χ4n) is 3.92. The number of carbonyl (C=O) groups is 2. The molecule has 1 aliphatic rings. The molecule has 1 aliphatic heterocycles. The van der Waals surface area contributed by atoms with Crippen molar-refractivity contribution in [3.8, 4) is 35.1 Å². The van der Waals surface area contributed by atoms with Crippen molar-refractivity contribution >= 4 is 17.5 Å². The Morgan fingerprint density at radius 3 is 2.44 bits per heavy atom. The monoisotopic (exact) mass is 425 g/mol. The van der Waals surface area contributed by atoms with Gasteiger partial charge < -0.3 is 20.4 Å². The summed E-state index contributed by atoms with van der Waals surface area (Å²) in [7, 11) is 0. The summed E-state index contributed by atoms with van der Waals surface area (Å²) >= 11 is 0. The first-order valence-electron chi connectivity index (χ1n) is 10.0. The smallest absolute Gasteiger partial charge is 0.298 e. The quantitative estimate of drug-likeness (QED) is 0.480. The predicted molar refractivity (Wildman–Crippen MR) is 118 cm³/mol. The van der Waals surface area contributed by atoms with Crippen molar-refractivity contribution in [2.45, 2.75) is 5.92 Å². The van der Waals surface area contributed by atoms with Crippen molar-refractivity contribution in [3.05, 3.63) is 72.1 Å². The van der Waals surface area contributed by atoms with Gasteiger partial charge in [-0.25, -0.2) is 4.52 Å². The number of ether oxygens (including phenoxy) is 1. The molecule has 2 aromatic carbocycles. The summed E-state index contributed by atoms with van der Waals surface area (Å²) in [6, 6.07) is 16.8. The third-order valence-corrected chi connectivity index (χ3v) is 5.58. The summed E-state index contributed by atoms with van der Waals surface area (Å²) in [6.07, 6.45) is 6.88. The highest BCUT2D eigenvalue weighted by Crippen LogP contribution is 2.33. The number of terminal acetylenes is 1. The summed E-state index contributed by atoms with van der Waals surface area (Å²) in [5.41, 5.74) is 8.88. The molecule has 8 heteroatoms. The number of nitrogens with two attached hydrogens (primary N) is 1. The van der Waals surface area contributed by atoms with E-state index < -0.39 is 5.91 Å². The molecule has 1 saturated heterocycles. The van der Waals surface area contributed by atoms with Crippen LogP contribution in [-0.2, 0) is 4.79 Å². The van der Waals surface area contributed by atoms with E-state index in [4.69, 9.17) is 16.9 Å². The van der Waals surface area contributed by atoms with Gasteiger partial charge in [0.2, 0.25) is 0 Å². The SMILES string of the molecule is C#CC(=O)N1CC(c2cnn3c(C(N)=O)c(-c4ccc(Oc5ccccc5)cc4)[nH]c23)C1. The summed E-state index contributed by atoms with van der Waals surface area (Å²) in [4.78, 5) is 28.8. The number of rotatable bonds is 5. The van der Waals surface area contributed by atoms with Crippen LogP contribution < -0.4 is 10.5 Å². The van der Waals surface area contributed by atoms with E-state index in [1.807, 2.05) is 54.6 Å². The number of nitrogens with zero attached hydrogens (tertiary/aromatic N) is 3. The minimum Gasteiger partial charge on any atom is -0.457 e. The molecular formula is C24H19N5O3. The Balaban J connectivity index is 1.46. The Hall–Kier alpha value is -4.51. The first-order valence-corrected chi connectivity index (χ1v) is 10.0. The molecule has 3 heterocycles. The molecule has 2 amide bonds. The van der Waals surface area contributed by atoms with Gasteiger partial charge in [-0.05, 0) is 42.3 Å². The maximum absolute atomic E-state index is 12.3. The number of hydrogen-bond donors (Lipinski definition) is 2. The van der Waals surface area contributed by atoms with Crippen LogP contribution in [0.15, 0.2) is 60.8 Å². The topological polar surface area (TPSA) is 106 Å². The molecular weight excluding hydrogens is 406 g/mol. The molecule has 8 nitrogen and oxygen atoms in total. The molecule has 1 fully saturated rings. The molecule has 32 heavy (non-hydrogen) atoms. The fourth-order valence-corrected chi connectivity index (χ4v) is 3.92. The average molecular weight is 425 g/mol. The zero-order valence-electron chi connectivity index (χ0n) is 17.0. The maximum Gasteiger partial charge on any atom is 0.298 e. The van der Waals surface area contributed by atoms with Gasteiger partial charge in [0.1, 0.15) is 17.1 Å². The lowest BCUT2D eigenvalue weighted by Gasteiger charge is -2.37. The number of benzene rings is 2. The molecule has 0 spiro atoms. The number of H-pyrrole nitrogens is 1. The predicted octanol–water partition coefficient (Wildman–Crippen LogP) is 2.78. The van der Waals surface area contributed by atoms with Crippen molar-refractivity contribution in [1.82, 2.24) is 19.5 Å². The molecule has 0 bridgehead atoms. The minimum atomic E-state index is -0.594. The second kappa shape index (κ2) is 7.63. The normalized spacial score (nSPS) is 13.5. The molecule has 0 unspecified atom stereocenters. The van der Waals surface area contributed by atoms with E-state index in [1.54, 1.807) is 11.1 Å². The van der Waals surface area contributed by atoms with Crippen LogP contribution in [0.5, 0.6) is 11.5 Å². The minimum absolute atomic E-state index is 0.0821. The number of aromatic nitrogens is 3. The van der Waals surface area contributed by atoms with E-state index >= 15 is 0 Å². The van der Waals surface area contributed by atoms with E-state index in [9.17, 15) is 9.59 Å². The van der Waals surface area contributed by atoms with E-state index in [0.29, 0.717) is 30.2 Å². The van der Waals surface area contributed by atoms with Crippen LogP contribution in [-0.4, -0.2) is 44.4 Å². The molecule has 2 aromatic heterocycles. The largest absolute Gasteiger partial charge is 0.457 e. The number of aromatic amines is 1. The lowest BCUT2D eigenvalue weighted by atomic mass is 9.93. The molecule has 0 aliphatic carbocycles. The molecule has 3 N–H and O–H groups in total. The summed E-state index contributed by atoms with van der Waals surface area (Å²) in [6.45, 7) is 1.02. The molecule has 158 valence electrons. The van der Waals surface area contributed by atoms with Gasteiger partial charge in [-0.15, -0.1) is 6.42 Å². The van der Waals surface area contributed by atoms with Crippen LogP contribution in [0, 0.1) is 12.3 Å². The standard InChI is InChI=1S/C24H19N5O3/c1-2-20(30)28-13-16(14-28)19-12-26-29-22(23(25)31)21(27-24(19)29)15-8-10-18(11-9-15)32-17-6-4-3-5-7-17/h1,3-12,16,27H,13-14H2,(H2,25,31). The summed E-state index contributed by atoms with van der Waals surface area (Å²) in [5.74, 6) is 2.69. The Bertz CT molecular complexity index is 1360. The van der Waals surface area contributed by atoms with Crippen LogP contribution in [0.25, 0.3) is 16.9 Å². The molecule has 0 atom stereocenters. The highest BCUT2D eigenvalue weighted by molar-refractivity contribution is 5.98. The molecule has 5 rings (SSSR count). The lowest BCUT2D eigenvalue weighted by Crippen LogP contribution is -2.47. The van der Waals surface area contributed by atoms with Gasteiger partial charge in [0.15, 0.2) is 5.69 Å². The fraction of sp³-hybridized carbons (Fsp3) is 0.125. The van der Waals surface area contributed by atoms with E-state index in [1.165, 1.54) is 4.52 Å². The summed E-state index contributed by atoms with van der Waals surface area (Å²) in [5, 5.41) is 4.37. The van der Waals surface area contributed by atoms with Crippen LogP contribution in [0.3, 0.4) is 0 Å². The van der Waals surface area contributed by atoms with Crippen LogP contribution in [0.1, 0.15) is 22.0 Å². The Labute approximate surface area is 183 Å². The number of amides is 2. The third-order valence-electron chi connectivity index (χ3n) is 5.58. The Kier molecular flexibility index (Phi) is 4.64. The maximum atomic E-state index is 12.3. The first kappa shape index (κ1) is 19.5. The van der Waals surface area contributed by atoms with Crippen molar-refractivity contribution < 1.29 is 14.3 Å². The van der Waals surface area contributed by atoms with Gasteiger partial charge in [-0.2, -0.15) is 5.10 Å². The van der Waals surface area contributed by atoms with Crippen molar-refractivity contribution in [1.29, 1.82) is 0 Å². The second-order valence-corrected chi connectivity index (χ2v) is 7.56. The zero-order chi connectivity index (χ0) is 22.2. The number of primary amides is 1. The third kappa shape index (κ3) is 3.26. The average Bonchev–Trinajstić information content (AvgIpc) is 3.33. The van der Waals surface area contributed by atoms with Gasteiger partial charge in [-0.1, -0.05) is 18.2 Å². The molecule has 4 aromatic rings. The van der Waals surface area contributed by atoms with Gasteiger partial charge >= 0.3 is 0 Å². The van der Waals surface area contributed by atoms with E-state index in [-0.39, 0.29) is 17.5 Å². The zero-order valence-corrected chi connectivity index (χ0v) is 17.0. The highest BCUT2D eigenvalue weighted by atomic mass is 16.5. The number of imidazole rings is 1. The number of para-hydroxylation sites is 1. The number of likely N-dealkylation sites (tertiary alicyclic amines) is 1. The van der Waals surface area contributed by atoms with Crippen molar-refractivity contribution in [3.63, 3.8) is 0 Å². The van der Waals surface area contributed by atoms with Gasteiger partial charge in [0.25, 0.3) is 11.8 Å². The molecule has 0 saturated carbocycles. The number of fused-ring (bicyclic) bond motifs is 1. The van der Waals surface area contributed by atoms with Crippen LogP contribution in [0.4, 0.5) is 0 Å². The highest BCUT2D eigenvalue weighted by Gasteiger charge is 2.34. The number of carbonyl (C=O) groups excluding carboxylic acids is 2. The number of hydrogen-bond acceptors (Lipinski definition) is 4. The van der Waals surface area contributed by atoms with Crippen molar-refractivity contribution in [2.75, 3.05) is 13.1 Å². The van der Waals surface area contributed by atoms with Gasteiger partial charge in [-0.3, -0.25) is 9.59 Å². The van der Waals surface area contributed by atoms with E-state index in [2.05, 4.69) is 16.0 Å². The number of nitrogens with one attached hydrogen (secondary N) is 1. The lowest BCUT2D eigenvalue weighted by molar-refractivity contribution is -0.129. The Morgan fingerprint density at radius 1 is 1.09 bits per heavy atom. The second-order valence-electron chi connectivity index (χ2n) is 7.56. The summed E-state index contributed by atoms with van der Waals surface area (Å²) < 4.78 is 7.36. The van der Waals surface area contributed by atoms with Gasteiger partial charge in [0.05, 0.1) is 11.9 Å². The van der Waals surface area contributed by atoms with E-state index in [0.717, 1.165) is 16.9 Å². The van der Waals surface area contributed by atoms with Crippen LogP contribution in [0.2, 0.25) is 0 Å².